The number of carbonyl (C=O) groups is 1. The Kier molecular flexibility index (Phi) is 11.7. The molecule has 0 aliphatic rings. The molecule has 1 atom stereocenters. The van der Waals surface area contributed by atoms with Crippen molar-refractivity contribution in [2.75, 3.05) is 0 Å². The summed E-state index contributed by atoms with van der Waals surface area (Å²) in [5.74, 6) is -0.839. The fourth-order valence-electron chi connectivity index (χ4n) is 0.634. The molecule has 0 radical (unpaired) electrons. The van der Waals surface area contributed by atoms with Gasteiger partial charge in [-0.05, 0) is 13.3 Å². The molecule has 1 unspecified atom stereocenters. The molecule has 0 aliphatic carbocycles. The average molecular weight is 172 g/mol. The van der Waals surface area contributed by atoms with Crippen molar-refractivity contribution < 1.29 is 9.90 Å². The highest BCUT2D eigenvalue weighted by molar-refractivity contribution is 5.69. The van der Waals surface area contributed by atoms with Crippen LogP contribution in [0.3, 0.4) is 0 Å². The van der Waals surface area contributed by atoms with Crippen molar-refractivity contribution >= 4 is 5.97 Å². The van der Waals surface area contributed by atoms with Gasteiger partial charge < -0.3 is 5.11 Å². The lowest BCUT2D eigenvalue weighted by Gasteiger charge is -2.02. The van der Waals surface area contributed by atoms with Crippen LogP contribution in [0.5, 0.6) is 0 Å². The van der Waals surface area contributed by atoms with Crippen molar-refractivity contribution in [3.05, 3.63) is 12.7 Å². The number of allylic oxidation sites excluding steroid dienone is 1. The van der Waals surface area contributed by atoms with Crippen molar-refractivity contribution in [2.45, 2.75) is 40.0 Å². The molecule has 2 heteroatoms. The fraction of sp³-hybridized carbons (Fsp3) is 0.700. The van der Waals surface area contributed by atoms with Crippen molar-refractivity contribution in [1.82, 2.24) is 0 Å². The predicted octanol–water partition coefficient (Wildman–Crippen LogP) is 3.09. The summed E-state index contributed by atoms with van der Waals surface area (Å²) in [5.41, 5.74) is 0. The van der Waals surface area contributed by atoms with Gasteiger partial charge in [-0.2, -0.15) is 0 Å². The van der Waals surface area contributed by atoms with Gasteiger partial charge in [0, 0.05) is 0 Å². The van der Waals surface area contributed by atoms with Gasteiger partial charge in [0.1, 0.15) is 0 Å². The van der Waals surface area contributed by atoms with Crippen molar-refractivity contribution in [3.8, 4) is 0 Å². The summed E-state index contributed by atoms with van der Waals surface area (Å²) in [6.45, 7) is 9.06. The number of carboxylic acid groups (broad SMARTS) is 1. The van der Waals surface area contributed by atoms with Gasteiger partial charge in [0.25, 0.3) is 0 Å². The Morgan fingerprint density at radius 1 is 1.67 bits per heavy atom. The molecule has 0 heterocycles. The van der Waals surface area contributed by atoms with E-state index in [1.54, 1.807) is 13.0 Å². The van der Waals surface area contributed by atoms with E-state index in [4.69, 9.17) is 5.11 Å². The molecule has 2 nitrogen and oxygen atoms in total. The van der Waals surface area contributed by atoms with Gasteiger partial charge in [-0.1, -0.05) is 32.8 Å². The summed E-state index contributed by atoms with van der Waals surface area (Å²) in [6, 6.07) is 0. The Balaban J connectivity index is 0. The average Bonchev–Trinajstić information content (AvgIpc) is 2.01. The van der Waals surface area contributed by atoms with Crippen LogP contribution in [0.4, 0.5) is 0 Å². The third-order valence-electron chi connectivity index (χ3n) is 1.41. The zero-order chi connectivity index (χ0) is 9.98. The molecule has 0 saturated carbocycles. The highest BCUT2D eigenvalue weighted by Gasteiger charge is 2.08. The molecule has 0 aromatic carbocycles. The van der Waals surface area contributed by atoms with Gasteiger partial charge in [0.15, 0.2) is 0 Å². The monoisotopic (exact) mass is 172 g/mol. The molecule has 0 spiro atoms. The van der Waals surface area contributed by atoms with E-state index in [9.17, 15) is 4.79 Å². The number of unbranched alkanes of at least 4 members (excludes halogenated alkanes) is 1. The lowest BCUT2D eigenvalue weighted by molar-refractivity contribution is -0.141. The van der Waals surface area contributed by atoms with Gasteiger partial charge in [0.2, 0.25) is 0 Å². The lowest BCUT2D eigenvalue weighted by atomic mass is 10.1. The van der Waals surface area contributed by atoms with Crippen molar-refractivity contribution in [1.29, 1.82) is 0 Å². The molecule has 0 bridgehead atoms. The summed E-state index contributed by atoms with van der Waals surface area (Å²) in [4.78, 5) is 10.2. The van der Waals surface area contributed by atoms with Gasteiger partial charge in [-0.25, -0.2) is 0 Å². The Hall–Kier alpha value is -0.790. The Morgan fingerprint density at radius 2 is 2.08 bits per heavy atom. The molecule has 0 amide bonds. The first-order valence-corrected chi connectivity index (χ1v) is 4.39. The van der Waals surface area contributed by atoms with Crippen LogP contribution in [0.15, 0.2) is 12.7 Å². The fourth-order valence-corrected chi connectivity index (χ4v) is 0.634. The maximum Gasteiger partial charge on any atom is 0.306 e. The standard InChI is InChI=1S/C7H14O2.C3H6/c1-3-4-5-6(2)7(8)9;1-3-2/h6H,3-5H2,1-2H3,(H,8,9);3H,1H2,2H3. The van der Waals surface area contributed by atoms with E-state index in [1.165, 1.54) is 0 Å². The molecule has 0 aromatic heterocycles. The molecule has 0 rings (SSSR count). The van der Waals surface area contributed by atoms with Crippen LogP contribution < -0.4 is 0 Å². The summed E-state index contributed by atoms with van der Waals surface area (Å²) in [6.07, 6.45) is 4.66. The van der Waals surface area contributed by atoms with E-state index < -0.39 is 5.97 Å². The van der Waals surface area contributed by atoms with E-state index in [-0.39, 0.29) is 5.92 Å². The van der Waals surface area contributed by atoms with Crippen molar-refractivity contribution in [2.24, 2.45) is 5.92 Å². The molecular formula is C10H20O2. The SMILES string of the molecule is C=CC.CCCCC(C)C(=O)O. The van der Waals surface area contributed by atoms with Crippen LogP contribution in [-0.4, -0.2) is 11.1 Å². The Labute approximate surface area is 75.3 Å². The zero-order valence-electron chi connectivity index (χ0n) is 8.34. The van der Waals surface area contributed by atoms with Gasteiger partial charge in [0.05, 0.1) is 5.92 Å². The van der Waals surface area contributed by atoms with Gasteiger partial charge >= 0.3 is 5.97 Å². The summed E-state index contributed by atoms with van der Waals surface area (Å²) in [7, 11) is 0. The minimum absolute atomic E-state index is 0.162. The van der Waals surface area contributed by atoms with E-state index in [2.05, 4.69) is 13.5 Å². The number of hydrogen-bond acceptors (Lipinski definition) is 1. The van der Waals surface area contributed by atoms with E-state index in [0.717, 1.165) is 19.3 Å². The van der Waals surface area contributed by atoms with E-state index in [0.29, 0.717) is 0 Å². The maximum atomic E-state index is 10.2. The molecule has 0 saturated heterocycles. The lowest BCUT2D eigenvalue weighted by Crippen LogP contribution is -2.08. The zero-order valence-corrected chi connectivity index (χ0v) is 8.34. The molecule has 1 N–H and O–H groups in total. The first-order chi connectivity index (χ1) is 5.59. The van der Waals surface area contributed by atoms with Crippen LogP contribution in [0.1, 0.15) is 40.0 Å². The normalized spacial score (nSPS) is 10.9. The Morgan fingerprint density at radius 3 is 2.33 bits per heavy atom. The van der Waals surface area contributed by atoms with Crippen LogP contribution >= 0.6 is 0 Å². The number of aliphatic carboxylic acids is 1. The topological polar surface area (TPSA) is 37.3 Å². The highest BCUT2D eigenvalue weighted by Crippen LogP contribution is 2.06. The highest BCUT2D eigenvalue weighted by atomic mass is 16.4. The predicted molar refractivity (Wildman–Crippen MR) is 52.2 cm³/mol. The van der Waals surface area contributed by atoms with Crippen molar-refractivity contribution in [3.63, 3.8) is 0 Å². The van der Waals surface area contributed by atoms with Crippen LogP contribution in [0.25, 0.3) is 0 Å². The second kappa shape index (κ2) is 10.2. The molecular weight excluding hydrogens is 152 g/mol. The third-order valence-corrected chi connectivity index (χ3v) is 1.41. The van der Waals surface area contributed by atoms with Crippen LogP contribution in [0, 0.1) is 5.92 Å². The van der Waals surface area contributed by atoms with E-state index in [1.807, 2.05) is 6.92 Å². The number of rotatable bonds is 4. The van der Waals surface area contributed by atoms with Crippen LogP contribution in [0.2, 0.25) is 0 Å². The summed E-state index contributed by atoms with van der Waals surface area (Å²) >= 11 is 0. The molecule has 12 heavy (non-hydrogen) atoms. The minimum Gasteiger partial charge on any atom is -0.481 e. The number of hydrogen-bond donors (Lipinski definition) is 1. The number of carboxylic acids is 1. The molecule has 72 valence electrons. The second-order valence-electron chi connectivity index (χ2n) is 2.79. The molecule has 0 aromatic rings. The Bertz CT molecular complexity index is 119. The second-order valence-corrected chi connectivity index (χ2v) is 2.79. The largest absolute Gasteiger partial charge is 0.481 e. The molecule has 0 fully saturated rings. The first kappa shape index (κ1) is 13.8. The first-order valence-electron chi connectivity index (χ1n) is 4.39. The summed E-state index contributed by atoms with van der Waals surface area (Å²) in [5, 5.41) is 8.41. The quantitative estimate of drug-likeness (QED) is 0.662. The molecule has 0 aliphatic heterocycles. The van der Waals surface area contributed by atoms with Gasteiger partial charge in [-0.3, -0.25) is 4.79 Å². The smallest absolute Gasteiger partial charge is 0.306 e. The summed E-state index contributed by atoms with van der Waals surface area (Å²) < 4.78 is 0. The maximum absolute atomic E-state index is 10.2. The minimum atomic E-state index is -0.677. The van der Waals surface area contributed by atoms with E-state index >= 15 is 0 Å². The van der Waals surface area contributed by atoms with Gasteiger partial charge in [-0.15, -0.1) is 6.58 Å². The van der Waals surface area contributed by atoms with Crippen LogP contribution in [-0.2, 0) is 4.79 Å². The third kappa shape index (κ3) is 11.9.